The molecule has 0 atom stereocenters. The van der Waals surface area contributed by atoms with Gasteiger partial charge in [0, 0.05) is 31.0 Å². The summed E-state index contributed by atoms with van der Waals surface area (Å²) < 4.78 is 0. The molecule has 0 spiro atoms. The number of Topliss-reactive ketones (excluding diaryl/α,β-unsaturated/α-hetero) is 1. The summed E-state index contributed by atoms with van der Waals surface area (Å²) >= 11 is 0. The molecule has 3 rings (SSSR count). The number of anilines is 1. The van der Waals surface area contributed by atoms with Gasteiger partial charge in [-0.3, -0.25) is 9.59 Å². The first-order chi connectivity index (χ1) is 9.13. The first-order valence-electron chi connectivity index (χ1n) is 7.00. The Morgan fingerprint density at radius 1 is 1.32 bits per heavy atom. The van der Waals surface area contributed by atoms with Gasteiger partial charge in [0.05, 0.1) is 0 Å². The van der Waals surface area contributed by atoms with E-state index in [2.05, 4.69) is 14.9 Å². The summed E-state index contributed by atoms with van der Waals surface area (Å²) in [7, 11) is 0. The van der Waals surface area contributed by atoms with Gasteiger partial charge in [-0.2, -0.15) is 0 Å². The monoisotopic (exact) mass is 261 g/mol. The van der Waals surface area contributed by atoms with Gasteiger partial charge in [-0.05, 0) is 32.6 Å². The first-order valence-corrected chi connectivity index (χ1v) is 7.00. The lowest BCUT2D eigenvalue weighted by Gasteiger charge is -2.31. The summed E-state index contributed by atoms with van der Waals surface area (Å²) in [5.74, 6) is 2.50. The summed E-state index contributed by atoms with van der Waals surface area (Å²) in [6.45, 7) is 3.28. The maximum atomic E-state index is 11.7. The van der Waals surface area contributed by atoms with E-state index in [1.165, 1.54) is 0 Å². The van der Waals surface area contributed by atoms with Crippen LogP contribution in [0, 0.1) is 5.92 Å². The molecule has 1 N–H and O–H groups in total. The molecular weight excluding hydrogens is 242 g/mol. The molecule has 19 heavy (non-hydrogen) atoms. The number of ketones is 1. The lowest BCUT2D eigenvalue weighted by Crippen LogP contribution is -2.37. The maximum Gasteiger partial charge on any atom is 0.252 e. The molecule has 1 saturated carbocycles. The zero-order chi connectivity index (χ0) is 13.4. The van der Waals surface area contributed by atoms with E-state index in [0.29, 0.717) is 5.92 Å². The average molecular weight is 261 g/mol. The highest BCUT2D eigenvalue weighted by Crippen LogP contribution is 2.38. The van der Waals surface area contributed by atoms with Crippen molar-refractivity contribution in [1.82, 2.24) is 9.97 Å². The third kappa shape index (κ3) is 2.69. The minimum atomic E-state index is -0.0689. The Hall–Kier alpha value is -1.65. The van der Waals surface area contributed by atoms with E-state index < -0.39 is 0 Å². The number of H-pyrrole nitrogens is 1. The Balaban J connectivity index is 1.76. The number of rotatable bonds is 3. The summed E-state index contributed by atoms with van der Waals surface area (Å²) in [6, 6.07) is 1.57. The molecule has 1 aromatic rings. The molecule has 0 aromatic carbocycles. The highest BCUT2D eigenvalue weighted by molar-refractivity contribution is 5.78. The van der Waals surface area contributed by atoms with Crippen molar-refractivity contribution in [3.05, 3.63) is 22.2 Å². The van der Waals surface area contributed by atoms with Crippen LogP contribution in [0.2, 0.25) is 0 Å². The molecule has 1 saturated heterocycles. The zero-order valence-corrected chi connectivity index (χ0v) is 11.2. The molecule has 0 radical (unpaired) electrons. The number of carbonyl (C=O) groups is 1. The number of aromatic nitrogens is 2. The third-order valence-electron chi connectivity index (χ3n) is 4.10. The maximum absolute atomic E-state index is 11.7. The van der Waals surface area contributed by atoms with E-state index in [1.54, 1.807) is 13.0 Å². The van der Waals surface area contributed by atoms with Gasteiger partial charge in [-0.1, -0.05) is 0 Å². The van der Waals surface area contributed by atoms with Crippen LogP contribution in [0.15, 0.2) is 10.9 Å². The Labute approximate surface area is 112 Å². The molecule has 0 unspecified atom stereocenters. The van der Waals surface area contributed by atoms with Crippen LogP contribution in [0.1, 0.15) is 44.3 Å². The van der Waals surface area contributed by atoms with Crippen LogP contribution in [0.25, 0.3) is 0 Å². The van der Waals surface area contributed by atoms with E-state index in [1.807, 2.05) is 0 Å². The number of piperidine rings is 1. The summed E-state index contributed by atoms with van der Waals surface area (Å²) in [5, 5.41) is 0. The lowest BCUT2D eigenvalue weighted by molar-refractivity contribution is -0.121. The minimum Gasteiger partial charge on any atom is -0.356 e. The molecule has 5 nitrogen and oxygen atoms in total. The van der Waals surface area contributed by atoms with Crippen LogP contribution in [-0.4, -0.2) is 28.8 Å². The topological polar surface area (TPSA) is 66.1 Å². The van der Waals surface area contributed by atoms with Crippen molar-refractivity contribution in [2.75, 3.05) is 18.0 Å². The van der Waals surface area contributed by atoms with Gasteiger partial charge in [0.25, 0.3) is 5.56 Å². The summed E-state index contributed by atoms with van der Waals surface area (Å²) in [5.41, 5.74) is -0.0689. The number of nitrogens with zero attached hydrogens (tertiary/aromatic N) is 2. The second-order valence-corrected chi connectivity index (χ2v) is 5.64. The summed E-state index contributed by atoms with van der Waals surface area (Å²) in [6.07, 6.45) is 3.97. The van der Waals surface area contributed by atoms with Gasteiger partial charge < -0.3 is 9.88 Å². The van der Waals surface area contributed by atoms with Crippen molar-refractivity contribution in [2.45, 2.75) is 38.5 Å². The van der Waals surface area contributed by atoms with Crippen molar-refractivity contribution in [2.24, 2.45) is 5.92 Å². The second kappa shape index (κ2) is 4.79. The molecule has 1 aliphatic carbocycles. The number of hydrogen-bond acceptors (Lipinski definition) is 4. The molecule has 1 aliphatic heterocycles. The Bertz CT molecular complexity index is 540. The standard InChI is InChI=1S/C14H19N3O2/c1-9(18)10-4-6-17(7-5-10)12-8-13(19)16-14(15-12)11-2-3-11/h8,10-11H,2-7H2,1H3,(H,15,16,19). The highest BCUT2D eigenvalue weighted by Gasteiger charge is 2.28. The number of carbonyl (C=O) groups excluding carboxylic acids is 1. The van der Waals surface area contributed by atoms with Crippen molar-refractivity contribution in [3.8, 4) is 0 Å². The molecule has 102 valence electrons. The van der Waals surface area contributed by atoms with E-state index in [9.17, 15) is 9.59 Å². The Morgan fingerprint density at radius 2 is 2.00 bits per heavy atom. The van der Waals surface area contributed by atoms with Gasteiger partial charge in [0.15, 0.2) is 0 Å². The second-order valence-electron chi connectivity index (χ2n) is 5.64. The number of nitrogens with one attached hydrogen (secondary N) is 1. The van der Waals surface area contributed by atoms with Crippen LogP contribution in [0.4, 0.5) is 5.82 Å². The fourth-order valence-corrected chi connectivity index (χ4v) is 2.69. The van der Waals surface area contributed by atoms with Crippen molar-refractivity contribution < 1.29 is 4.79 Å². The van der Waals surface area contributed by atoms with Gasteiger partial charge in [-0.25, -0.2) is 4.98 Å². The van der Waals surface area contributed by atoms with Crippen molar-refractivity contribution in [1.29, 1.82) is 0 Å². The number of hydrogen-bond donors (Lipinski definition) is 1. The van der Waals surface area contributed by atoms with Crippen LogP contribution in [0.3, 0.4) is 0 Å². The molecule has 5 heteroatoms. The van der Waals surface area contributed by atoms with Crippen LogP contribution >= 0.6 is 0 Å². The van der Waals surface area contributed by atoms with E-state index >= 15 is 0 Å². The number of aromatic amines is 1. The molecule has 2 heterocycles. The average Bonchev–Trinajstić information content (AvgIpc) is 3.22. The van der Waals surface area contributed by atoms with E-state index in [-0.39, 0.29) is 17.3 Å². The molecule has 2 fully saturated rings. The molecule has 1 aromatic heterocycles. The van der Waals surface area contributed by atoms with Gasteiger partial charge in [0.1, 0.15) is 17.4 Å². The lowest BCUT2D eigenvalue weighted by atomic mass is 9.93. The van der Waals surface area contributed by atoms with Crippen LogP contribution < -0.4 is 10.5 Å². The predicted octanol–water partition coefficient (Wildman–Crippen LogP) is 1.45. The molecule has 0 amide bonds. The van der Waals surface area contributed by atoms with E-state index in [4.69, 9.17) is 0 Å². The fraction of sp³-hybridized carbons (Fsp3) is 0.643. The minimum absolute atomic E-state index is 0.0689. The van der Waals surface area contributed by atoms with E-state index in [0.717, 1.165) is 50.4 Å². The quantitative estimate of drug-likeness (QED) is 0.894. The SMILES string of the molecule is CC(=O)C1CCN(c2cc(=O)[nH]c(C3CC3)n2)CC1. The first kappa shape index (κ1) is 12.4. The van der Waals surface area contributed by atoms with Crippen molar-refractivity contribution >= 4 is 11.6 Å². The van der Waals surface area contributed by atoms with Gasteiger partial charge in [0.2, 0.25) is 0 Å². The molecule has 2 aliphatic rings. The van der Waals surface area contributed by atoms with Crippen molar-refractivity contribution in [3.63, 3.8) is 0 Å². The smallest absolute Gasteiger partial charge is 0.252 e. The largest absolute Gasteiger partial charge is 0.356 e. The van der Waals surface area contributed by atoms with Gasteiger partial charge >= 0.3 is 0 Å². The Morgan fingerprint density at radius 3 is 2.58 bits per heavy atom. The van der Waals surface area contributed by atoms with Crippen LogP contribution in [0.5, 0.6) is 0 Å². The predicted molar refractivity (Wildman–Crippen MR) is 72.5 cm³/mol. The fourth-order valence-electron chi connectivity index (χ4n) is 2.69. The molecule has 0 bridgehead atoms. The van der Waals surface area contributed by atoms with Crippen LogP contribution in [-0.2, 0) is 4.79 Å². The van der Waals surface area contributed by atoms with Gasteiger partial charge in [-0.15, -0.1) is 0 Å². The normalized spacial score (nSPS) is 20.6. The third-order valence-corrected chi connectivity index (χ3v) is 4.10. The Kier molecular flexibility index (Phi) is 3.12. The summed E-state index contributed by atoms with van der Waals surface area (Å²) in [4.78, 5) is 32.6. The molecular formula is C14H19N3O2. The highest BCUT2D eigenvalue weighted by atomic mass is 16.1. The zero-order valence-electron chi connectivity index (χ0n) is 11.2.